The molecule has 1 amide bonds. The summed E-state index contributed by atoms with van der Waals surface area (Å²) in [6.45, 7) is 0.351. The van der Waals surface area contributed by atoms with Crippen molar-refractivity contribution < 1.29 is 14.3 Å². The first-order valence-corrected chi connectivity index (χ1v) is 8.33. The molecule has 0 aliphatic carbocycles. The maximum absolute atomic E-state index is 12.2. The second-order valence-corrected chi connectivity index (χ2v) is 5.92. The van der Waals surface area contributed by atoms with Crippen LogP contribution in [0.1, 0.15) is 5.56 Å². The smallest absolute Gasteiger partial charge is 0.267 e. The highest BCUT2D eigenvalue weighted by Crippen LogP contribution is 2.35. The van der Waals surface area contributed by atoms with Crippen LogP contribution in [0.25, 0.3) is 11.3 Å². The van der Waals surface area contributed by atoms with Gasteiger partial charge in [-0.2, -0.15) is 5.10 Å². The Labute approximate surface area is 154 Å². The van der Waals surface area contributed by atoms with E-state index >= 15 is 0 Å². The molecule has 0 radical (unpaired) electrons. The Morgan fingerprint density at radius 3 is 2.89 bits per heavy atom. The summed E-state index contributed by atoms with van der Waals surface area (Å²) < 4.78 is 11.8. The molecule has 0 saturated heterocycles. The van der Waals surface area contributed by atoms with Gasteiger partial charge in [-0.1, -0.05) is 6.07 Å². The Bertz CT molecular complexity index is 1030. The number of nitrogens with one attached hydrogen (secondary N) is 1. The first kappa shape index (κ1) is 16.8. The molecule has 1 aliphatic heterocycles. The van der Waals surface area contributed by atoms with Crippen LogP contribution < -0.4 is 20.3 Å². The van der Waals surface area contributed by atoms with Crippen LogP contribution in [0.15, 0.2) is 59.7 Å². The van der Waals surface area contributed by atoms with E-state index in [1.54, 1.807) is 36.7 Å². The summed E-state index contributed by atoms with van der Waals surface area (Å²) in [5, 5.41) is 7.05. The maximum Gasteiger partial charge on any atom is 0.267 e. The van der Waals surface area contributed by atoms with E-state index in [0.29, 0.717) is 23.7 Å². The lowest BCUT2D eigenvalue weighted by Crippen LogP contribution is -2.33. The Hall–Kier alpha value is -3.68. The number of carbonyl (C=O) groups excluding carboxylic acids is 1. The molecule has 1 aromatic carbocycles. The summed E-state index contributed by atoms with van der Waals surface area (Å²) in [7, 11) is 0. The minimum Gasteiger partial charge on any atom is -0.454 e. The van der Waals surface area contributed by atoms with Crippen molar-refractivity contribution >= 4 is 5.91 Å². The number of benzene rings is 1. The van der Waals surface area contributed by atoms with Crippen molar-refractivity contribution in [2.24, 2.45) is 0 Å². The number of ether oxygens (including phenoxy) is 2. The van der Waals surface area contributed by atoms with E-state index in [1.165, 1.54) is 6.07 Å². The molecule has 136 valence electrons. The lowest BCUT2D eigenvalue weighted by molar-refractivity contribution is -0.122. The van der Waals surface area contributed by atoms with Gasteiger partial charge in [0.25, 0.3) is 5.56 Å². The van der Waals surface area contributed by atoms with Gasteiger partial charge >= 0.3 is 0 Å². The Kier molecular flexibility index (Phi) is 4.52. The van der Waals surface area contributed by atoms with E-state index in [4.69, 9.17) is 9.47 Å². The first-order chi connectivity index (χ1) is 13.2. The molecule has 0 unspecified atom stereocenters. The van der Waals surface area contributed by atoms with Crippen LogP contribution in [0.3, 0.4) is 0 Å². The molecule has 1 N–H and O–H groups in total. The average molecular weight is 364 g/mol. The lowest BCUT2D eigenvalue weighted by Gasteiger charge is -2.09. The first-order valence-electron chi connectivity index (χ1n) is 8.33. The molecule has 0 saturated carbocycles. The summed E-state index contributed by atoms with van der Waals surface area (Å²) >= 11 is 0. The molecule has 8 nitrogen and oxygen atoms in total. The highest BCUT2D eigenvalue weighted by atomic mass is 16.7. The van der Waals surface area contributed by atoms with E-state index in [0.717, 1.165) is 15.8 Å². The van der Waals surface area contributed by atoms with Crippen LogP contribution in [-0.2, 0) is 17.9 Å². The zero-order valence-corrected chi connectivity index (χ0v) is 14.3. The Morgan fingerprint density at radius 2 is 2.04 bits per heavy atom. The highest BCUT2D eigenvalue weighted by Gasteiger charge is 2.15. The van der Waals surface area contributed by atoms with Crippen LogP contribution in [0.5, 0.6) is 11.5 Å². The number of carbonyl (C=O) groups is 1. The normalized spacial score (nSPS) is 12.0. The van der Waals surface area contributed by atoms with Crippen molar-refractivity contribution in [1.82, 2.24) is 20.1 Å². The van der Waals surface area contributed by atoms with Gasteiger partial charge < -0.3 is 14.8 Å². The quantitative estimate of drug-likeness (QED) is 0.734. The van der Waals surface area contributed by atoms with Gasteiger partial charge in [-0.25, -0.2) is 4.68 Å². The predicted molar refractivity (Wildman–Crippen MR) is 96.1 cm³/mol. The third-order valence-corrected chi connectivity index (χ3v) is 4.04. The molecule has 2 aromatic heterocycles. The van der Waals surface area contributed by atoms with Crippen LogP contribution >= 0.6 is 0 Å². The maximum atomic E-state index is 12.2. The third-order valence-electron chi connectivity index (χ3n) is 4.04. The summed E-state index contributed by atoms with van der Waals surface area (Å²) in [4.78, 5) is 28.2. The number of nitrogens with zero attached hydrogens (tertiary/aromatic N) is 3. The van der Waals surface area contributed by atoms with Crippen molar-refractivity contribution in [3.8, 4) is 22.8 Å². The molecular weight excluding hydrogens is 348 g/mol. The van der Waals surface area contributed by atoms with Gasteiger partial charge in [-0.15, -0.1) is 0 Å². The molecule has 0 bridgehead atoms. The molecule has 0 atom stereocenters. The minimum absolute atomic E-state index is 0.169. The summed E-state index contributed by atoms with van der Waals surface area (Å²) in [5.41, 5.74) is 1.85. The summed E-state index contributed by atoms with van der Waals surface area (Å²) in [6, 6.07) is 12.1. The van der Waals surface area contributed by atoms with E-state index in [9.17, 15) is 9.59 Å². The van der Waals surface area contributed by atoms with Gasteiger partial charge in [0.05, 0.1) is 5.69 Å². The van der Waals surface area contributed by atoms with Gasteiger partial charge in [0.1, 0.15) is 6.54 Å². The highest BCUT2D eigenvalue weighted by molar-refractivity contribution is 5.75. The van der Waals surface area contributed by atoms with E-state index < -0.39 is 0 Å². The fourth-order valence-electron chi connectivity index (χ4n) is 2.67. The van der Waals surface area contributed by atoms with Crippen molar-refractivity contribution in [2.45, 2.75) is 13.1 Å². The van der Waals surface area contributed by atoms with Crippen LogP contribution in [0.2, 0.25) is 0 Å². The molecular formula is C19H16N4O4. The Balaban J connectivity index is 1.49. The number of amides is 1. The van der Waals surface area contributed by atoms with Crippen LogP contribution in [0.4, 0.5) is 0 Å². The van der Waals surface area contributed by atoms with Crippen molar-refractivity contribution in [1.29, 1.82) is 0 Å². The fraction of sp³-hybridized carbons (Fsp3) is 0.158. The zero-order valence-electron chi connectivity index (χ0n) is 14.3. The molecule has 1 aliphatic rings. The number of aromatic nitrogens is 3. The number of pyridine rings is 1. The minimum atomic E-state index is -0.351. The van der Waals surface area contributed by atoms with Gasteiger partial charge in [0.15, 0.2) is 11.5 Å². The number of rotatable bonds is 5. The molecule has 0 spiro atoms. The fourth-order valence-corrected chi connectivity index (χ4v) is 2.67. The summed E-state index contributed by atoms with van der Waals surface area (Å²) in [6.07, 6.45) is 3.33. The molecule has 0 fully saturated rings. The molecule has 3 aromatic rings. The predicted octanol–water partition coefficient (Wildman–Crippen LogP) is 1.35. The largest absolute Gasteiger partial charge is 0.454 e. The second kappa shape index (κ2) is 7.28. The van der Waals surface area contributed by atoms with Gasteiger partial charge in [-0.3, -0.25) is 14.6 Å². The van der Waals surface area contributed by atoms with E-state index in [1.807, 2.05) is 12.1 Å². The van der Waals surface area contributed by atoms with E-state index in [-0.39, 0.29) is 24.8 Å². The van der Waals surface area contributed by atoms with Gasteiger partial charge in [0, 0.05) is 30.6 Å². The standard InChI is InChI=1S/C19H16N4O4/c24-18(21-10-13-2-1-7-20-9-13)11-23-19(25)6-4-15(22-23)14-3-5-16-17(8-14)27-12-26-16/h1-9H,10-12H2,(H,21,24). The van der Waals surface area contributed by atoms with Crippen molar-refractivity contribution in [3.05, 3.63) is 70.8 Å². The van der Waals surface area contributed by atoms with E-state index in [2.05, 4.69) is 15.4 Å². The molecule has 8 heteroatoms. The monoisotopic (exact) mass is 364 g/mol. The van der Waals surface area contributed by atoms with Gasteiger partial charge in [-0.05, 0) is 35.9 Å². The summed E-state index contributed by atoms with van der Waals surface area (Å²) in [5.74, 6) is 0.986. The molecule has 27 heavy (non-hydrogen) atoms. The second-order valence-electron chi connectivity index (χ2n) is 5.92. The Morgan fingerprint density at radius 1 is 1.15 bits per heavy atom. The van der Waals surface area contributed by atoms with Crippen LogP contribution in [-0.4, -0.2) is 27.5 Å². The topological polar surface area (TPSA) is 95.3 Å². The van der Waals surface area contributed by atoms with Crippen LogP contribution in [0, 0.1) is 0 Å². The number of hydrogen-bond donors (Lipinski definition) is 1. The number of fused-ring (bicyclic) bond motifs is 1. The van der Waals surface area contributed by atoms with Crippen molar-refractivity contribution in [2.75, 3.05) is 6.79 Å². The third kappa shape index (κ3) is 3.79. The average Bonchev–Trinajstić information content (AvgIpc) is 3.17. The molecule has 3 heterocycles. The van der Waals surface area contributed by atoms with Crippen molar-refractivity contribution in [3.63, 3.8) is 0 Å². The molecule has 4 rings (SSSR count). The zero-order chi connectivity index (χ0) is 18.6. The SMILES string of the molecule is O=C(Cn1nc(-c2ccc3c(c2)OCO3)ccc1=O)NCc1cccnc1. The lowest BCUT2D eigenvalue weighted by atomic mass is 10.1. The number of hydrogen-bond acceptors (Lipinski definition) is 6. The van der Waals surface area contributed by atoms with Gasteiger partial charge in [0.2, 0.25) is 12.7 Å².